The summed E-state index contributed by atoms with van der Waals surface area (Å²) in [5.74, 6) is 0.184. The van der Waals surface area contributed by atoms with Gasteiger partial charge in [0.1, 0.15) is 0 Å². The molecule has 0 amide bonds. The Balaban J connectivity index is 4.36. The molecule has 2 unspecified atom stereocenters. The van der Waals surface area contributed by atoms with Crippen LogP contribution in [0.5, 0.6) is 0 Å². The Morgan fingerprint density at radius 3 is 2.09 bits per heavy atom. The molecule has 0 saturated carbocycles. The lowest BCUT2D eigenvalue weighted by atomic mass is 10.1. The summed E-state index contributed by atoms with van der Waals surface area (Å²) in [7, 11) is -1.86. The normalized spacial score (nSPS) is 17.8. The molecule has 0 aliphatic heterocycles. The summed E-state index contributed by atoms with van der Waals surface area (Å²) in [4.78, 5) is 0. The Morgan fingerprint density at radius 2 is 1.82 bits per heavy atom. The first-order chi connectivity index (χ1) is 4.95. The fraction of sp³-hybridized carbons (Fsp3) is 1.00. The fourth-order valence-electron chi connectivity index (χ4n) is 0.792. The third-order valence-corrected chi connectivity index (χ3v) is 4.08. The standard InChI is InChI=1S/C7H16NO2S/c1-5-6(2)7(3)11(9,10)8-4/h6-7H,5H2,1-4H3. The van der Waals surface area contributed by atoms with E-state index in [1.165, 1.54) is 7.05 Å². The molecule has 0 spiro atoms. The Bertz CT molecular complexity index is 198. The van der Waals surface area contributed by atoms with Crippen LogP contribution in [0, 0.1) is 5.92 Å². The maximum Gasteiger partial charge on any atom is 0.230 e. The zero-order valence-electron chi connectivity index (χ0n) is 7.53. The summed E-state index contributed by atoms with van der Waals surface area (Å²) in [5.41, 5.74) is 0. The Hall–Kier alpha value is -0.0900. The molecule has 0 bridgehead atoms. The van der Waals surface area contributed by atoms with Gasteiger partial charge in [-0.1, -0.05) is 20.3 Å². The number of nitrogens with zero attached hydrogens (tertiary/aromatic N) is 1. The van der Waals surface area contributed by atoms with Gasteiger partial charge < -0.3 is 0 Å². The molecule has 0 aliphatic rings. The van der Waals surface area contributed by atoms with Gasteiger partial charge in [0.2, 0.25) is 10.0 Å². The largest absolute Gasteiger partial charge is 0.230 e. The summed E-state index contributed by atoms with van der Waals surface area (Å²) in [6, 6.07) is 0. The first-order valence-electron chi connectivity index (χ1n) is 3.80. The molecule has 0 aromatic heterocycles. The minimum Gasteiger partial charge on any atom is -0.211 e. The van der Waals surface area contributed by atoms with Crippen molar-refractivity contribution in [2.24, 2.45) is 5.92 Å². The van der Waals surface area contributed by atoms with Gasteiger partial charge in [-0.25, -0.2) is 8.42 Å². The zero-order chi connectivity index (χ0) is 9.07. The molecule has 0 rings (SSSR count). The van der Waals surface area contributed by atoms with Crippen LogP contribution in [0.4, 0.5) is 0 Å². The molecule has 3 nitrogen and oxygen atoms in total. The molecule has 0 aliphatic carbocycles. The minimum absolute atomic E-state index is 0.184. The van der Waals surface area contributed by atoms with E-state index in [0.717, 1.165) is 6.42 Å². The molecule has 1 radical (unpaired) electrons. The van der Waals surface area contributed by atoms with Crippen molar-refractivity contribution in [3.63, 3.8) is 0 Å². The van der Waals surface area contributed by atoms with Crippen LogP contribution in [0.1, 0.15) is 27.2 Å². The molecule has 0 N–H and O–H groups in total. The molecule has 4 heteroatoms. The molecule has 11 heavy (non-hydrogen) atoms. The lowest BCUT2D eigenvalue weighted by Gasteiger charge is -2.16. The number of hydrogen-bond acceptors (Lipinski definition) is 2. The van der Waals surface area contributed by atoms with Crippen molar-refractivity contribution in [1.29, 1.82) is 0 Å². The van der Waals surface area contributed by atoms with Crippen molar-refractivity contribution in [2.45, 2.75) is 32.4 Å². The predicted molar refractivity (Wildman–Crippen MR) is 45.9 cm³/mol. The Kier molecular flexibility index (Phi) is 4.03. The Morgan fingerprint density at radius 1 is 1.36 bits per heavy atom. The van der Waals surface area contributed by atoms with Crippen molar-refractivity contribution < 1.29 is 8.42 Å². The highest BCUT2D eigenvalue weighted by molar-refractivity contribution is 7.89. The average Bonchev–Trinajstić information content (AvgIpc) is 2.01. The topological polar surface area (TPSA) is 48.2 Å². The van der Waals surface area contributed by atoms with E-state index < -0.39 is 10.0 Å². The van der Waals surface area contributed by atoms with E-state index in [4.69, 9.17) is 0 Å². The minimum atomic E-state index is -3.18. The molecule has 2 atom stereocenters. The van der Waals surface area contributed by atoms with Crippen LogP contribution in [0.15, 0.2) is 0 Å². The van der Waals surface area contributed by atoms with E-state index in [9.17, 15) is 8.42 Å². The predicted octanol–water partition coefficient (Wildman–Crippen LogP) is 0.985. The van der Waals surface area contributed by atoms with Gasteiger partial charge in [0.15, 0.2) is 0 Å². The Labute approximate surface area is 69.2 Å². The van der Waals surface area contributed by atoms with Crippen LogP contribution in [0.3, 0.4) is 0 Å². The molecule has 0 heterocycles. The quantitative estimate of drug-likeness (QED) is 0.644. The molecular formula is C7H16NO2S. The molecule has 0 aromatic carbocycles. The maximum absolute atomic E-state index is 11.1. The van der Waals surface area contributed by atoms with Crippen LogP contribution in [-0.4, -0.2) is 20.7 Å². The lowest BCUT2D eigenvalue weighted by molar-refractivity contribution is 0.504. The second kappa shape index (κ2) is 4.07. The van der Waals surface area contributed by atoms with E-state index in [1.807, 2.05) is 13.8 Å². The van der Waals surface area contributed by atoms with Crippen LogP contribution < -0.4 is 4.72 Å². The van der Waals surface area contributed by atoms with Crippen LogP contribution in [0.25, 0.3) is 0 Å². The molecule has 67 valence electrons. The summed E-state index contributed by atoms with van der Waals surface area (Å²) in [5, 5.41) is -0.350. The van der Waals surface area contributed by atoms with Gasteiger partial charge >= 0.3 is 0 Å². The molecule has 0 saturated heterocycles. The fourth-order valence-corrected chi connectivity index (χ4v) is 1.90. The second-order valence-corrected chi connectivity index (χ2v) is 4.93. The van der Waals surface area contributed by atoms with E-state index in [2.05, 4.69) is 4.72 Å². The number of sulfonamides is 1. The van der Waals surface area contributed by atoms with Crippen LogP contribution in [-0.2, 0) is 10.0 Å². The average molecular weight is 178 g/mol. The van der Waals surface area contributed by atoms with Gasteiger partial charge in [0.25, 0.3) is 0 Å². The van der Waals surface area contributed by atoms with E-state index in [0.29, 0.717) is 0 Å². The maximum atomic E-state index is 11.1. The molecular weight excluding hydrogens is 162 g/mol. The van der Waals surface area contributed by atoms with Gasteiger partial charge in [0.05, 0.1) is 5.25 Å². The summed E-state index contributed by atoms with van der Waals surface area (Å²) in [6.07, 6.45) is 0.871. The first-order valence-corrected chi connectivity index (χ1v) is 5.31. The van der Waals surface area contributed by atoms with Crippen LogP contribution >= 0.6 is 0 Å². The van der Waals surface area contributed by atoms with Crippen molar-refractivity contribution >= 4 is 10.0 Å². The third kappa shape index (κ3) is 2.79. The monoisotopic (exact) mass is 178 g/mol. The van der Waals surface area contributed by atoms with Gasteiger partial charge in [0, 0.05) is 7.05 Å². The van der Waals surface area contributed by atoms with Gasteiger partial charge in [-0.15, -0.1) is 4.72 Å². The molecule has 0 fully saturated rings. The lowest BCUT2D eigenvalue weighted by Crippen LogP contribution is -2.30. The highest BCUT2D eigenvalue weighted by Crippen LogP contribution is 2.14. The van der Waals surface area contributed by atoms with Gasteiger partial charge in [-0.2, -0.15) is 0 Å². The summed E-state index contributed by atoms with van der Waals surface area (Å²) < 4.78 is 25.6. The summed E-state index contributed by atoms with van der Waals surface area (Å²) in [6.45, 7) is 5.61. The van der Waals surface area contributed by atoms with Crippen LogP contribution in [0.2, 0.25) is 0 Å². The zero-order valence-corrected chi connectivity index (χ0v) is 8.35. The van der Waals surface area contributed by atoms with Gasteiger partial charge in [-0.05, 0) is 12.8 Å². The van der Waals surface area contributed by atoms with Crippen molar-refractivity contribution in [3.8, 4) is 0 Å². The SMILES string of the molecule is CCC(C)C(C)S(=O)(=O)[N]C. The van der Waals surface area contributed by atoms with Gasteiger partial charge in [-0.3, -0.25) is 0 Å². The number of rotatable bonds is 4. The molecule has 0 aromatic rings. The number of hydrogen-bond donors (Lipinski definition) is 0. The van der Waals surface area contributed by atoms with E-state index >= 15 is 0 Å². The third-order valence-electron chi connectivity index (χ3n) is 2.17. The van der Waals surface area contributed by atoms with Crippen molar-refractivity contribution in [1.82, 2.24) is 4.72 Å². The van der Waals surface area contributed by atoms with E-state index in [1.54, 1.807) is 6.92 Å². The second-order valence-electron chi connectivity index (χ2n) is 2.79. The highest BCUT2D eigenvalue weighted by atomic mass is 32.2. The van der Waals surface area contributed by atoms with E-state index in [-0.39, 0.29) is 11.2 Å². The van der Waals surface area contributed by atoms with Crippen molar-refractivity contribution in [2.75, 3.05) is 7.05 Å². The summed E-state index contributed by atoms with van der Waals surface area (Å²) >= 11 is 0. The highest BCUT2D eigenvalue weighted by Gasteiger charge is 2.24. The smallest absolute Gasteiger partial charge is 0.211 e. The first kappa shape index (κ1) is 10.9. The van der Waals surface area contributed by atoms with Crippen molar-refractivity contribution in [3.05, 3.63) is 0 Å².